The molecule has 0 radical (unpaired) electrons. The van der Waals surface area contributed by atoms with Gasteiger partial charge in [-0.3, -0.25) is 4.98 Å². The van der Waals surface area contributed by atoms with Gasteiger partial charge in [0, 0.05) is 12.4 Å². The largest absolute Gasteiger partial charge is 0.505 e. The fraction of sp³-hybridized carbons (Fsp3) is 0. The maximum absolute atomic E-state index is 9.64. The molecule has 0 bridgehead atoms. The first-order chi connectivity index (χ1) is 8.84. The molecule has 0 aliphatic rings. The van der Waals surface area contributed by atoms with Crippen molar-refractivity contribution in [3.63, 3.8) is 0 Å². The number of rotatable bonds is 2. The van der Waals surface area contributed by atoms with E-state index in [1.807, 2.05) is 6.07 Å². The zero-order valence-corrected chi connectivity index (χ0v) is 9.19. The summed E-state index contributed by atoms with van der Waals surface area (Å²) in [6.45, 7) is 0. The molecule has 3 heterocycles. The van der Waals surface area contributed by atoms with Crippen LogP contribution in [0.25, 0.3) is 23.1 Å². The summed E-state index contributed by atoms with van der Waals surface area (Å²) in [6, 6.07) is 8.53. The lowest BCUT2D eigenvalue weighted by molar-refractivity contribution is 0.423. The summed E-state index contributed by atoms with van der Waals surface area (Å²) in [5.74, 6) is 0.512. The Morgan fingerprint density at radius 1 is 1.00 bits per heavy atom. The van der Waals surface area contributed by atoms with Gasteiger partial charge < -0.3 is 9.63 Å². The molecular weight excluding hydrogens is 232 g/mol. The van der Waals surface area contributed by atoms with E-state index < -0.39 is 0 Å². The van der Waals surface area contributed by atoms with Gasteiger partial charge in [-0.15, -0.1) is 0 Å². The molecule has 0 aliphatic carbocycles. The highest BCUT2D eigenvalue weighted by Gasteiger charge is 2.15. The number of nitrogens with zero attached hydrogens (tertiary/aromatic N) is 4. The van der Waals surface area contributed by atoms with Crippen LogP contribution in [-0.2, 0) is 0 Å². The summed E-state index contributed by atoms with van der Waals surface area (Å²) in [5.41, 5.74) is 0.857. The smallest absolute Gasteiger partial charge is 0.280 e. The second-order valence-corrected chi connectivity index (χ2v) is 3.51. The SMILES string of the molecule is Oc1cccnc1-c1nc(-c2ccccn2)no1. The van der Waals surface area contributed by atoms with Crippen LogP contribution in [0.3, 0.4) is 0 Å². The predicted octanol–water partition coefficient (Wildman–Crippen LogP) is 1.90. The van der Waals surface area contributed by atoms with Crippen molar-refractivity contribution in [3.05, 3.63) is 42.7 Å². The molecule has 0 spiro atoms. The third-order valence-corrected chi connectivity index (χ3v) is 2.31. The maximum atomic E-state index is 9.64. The highest BCUT2D eigenvalue weighted by atomic mass is 16.5. The highest BCUT2D eigenvalue weighted by Crippen LogP contribution is 2.25. The normalized spacial score (nSPS) is 10.4. The van der Waals surface area contributed by atoms with Gasteiger partial charge >= 0.3 is 0 Å². The van der Waals surface area contributed by atoms with Crippen molar-refractivity contribution in [3.8, 4) is 28.9 Å². The van der Waals surface area contributed by atoms with Crippen molar-refractivity contribution >= 4 is 0 Å². The Balaban J connectivity index is 2.03. The predicted molar refractivity (Wildman–Crippen MR) is 62.4 cm³/mol. The van der Waals surface area contributed by atoms with E-state index >= 15 is 0 Å². The van der Waals surface area contributed by atoms with Crippen molar-refractivity contribution in [1.82, 2.24) is 20.1 Å². The topological polar surface area (TPSA) is 84.9 Å². The first-order valence-electron chi connectivity index (χ1n) is 5.24. The second-order valence-electron chi connectivity index (χ2n) is 3.51. The fourth-order valence-electron chi connectivity index (χ4n) is 1.48. The van der Waals surface area contributed by atoms with Gasteiger partial charge in [0.2, 0.25) is 5.82 Å². The minimum absolute atomic E-state index is 0.00581. The molecule has 6 nitrogen and oxygen atoms in total. The van der Waals surface area contributed by atoms with Gasteiger partial charge in [-0.05, 0) is 24.3 Å². The first kappa shape index (κ1) is 10.4. The van der Waals surface area contributed by atoms with Crippen LogP contribution in [-0.4, -0.2) is 25.2 Å². The van der Waals surface area contributed by atoms with E-state index in [9.17, 15) is 5.11 Å². The summed E-state index contributed by atoms with van der Waals surface area (Å²) >= 11 is 0. The van der Waals surface area contributed by atoms with Crippen LogP contribution in [0.1, 0.15) is 0 Å². The molecule has 0 aliphatic heterocycles. The lowest BCUT2D eigenvalue weighted by atomic mass is 10.3. The molecule has 0 saturated carbocycles. The zero-order chi connectivity index (χ0) is 12.4. The number of aromatic nitrogens is 4. The lowest BCUT2D eigenvalue weighted by Gasteiger charge is -1.95. The molecule has 0 atom stereocenters. The van der Waals surface area contributed by atoms with Gasteiger partial charge in [0.25, 0.3) is 5.89 Å². The average molecular weight is 240 g/mol. The molecule has 3 rings (SSSR count). The molecule has 0 fully saturated rings. The molecule has 3 aromatic heterocycles. The van der Waals surface area contributed by atoms with Crippen molar-refractivity contribution in [1.29, 1.82) is 0 Å². The van der Waals surface area contributed by atoms with Crippen LogP contribution in [0.4, 0.5) is 0 Å². The Hall–Kier alpha value is -2.76. The van der Waals surface area contributed by atoms with Crippen molar-refractivity contribution in [2.24, 2.45) is 0 Å². The summed E-state index contributed by atoms with van der Waals surface area (Å²) in [5, 5.41) is 13.4. The Kier molecular flexibility index (Phi) is 2.45. The Morgan fingerprint density at radius 2 is 1.89 bits per heavy atom. The summed E-state index contributed by atoms with van der Waals surface area (Å²) in [4.78, 5) is 12.2. The van der Waals surface area contributed by atoms with E-state index in [4.69, 9.17) is 4.52 Å². The van der Waals surface area contributed by atoms with Crippen molar-refractivity contribution in [2.75, 3.05) is 0 Å². The van der Waals surface area contributed by atoms with Crippen LogP contribution in [0.5, 0.6) is 5.75 Å². The number of hydrogen-bond acceptors (Lipinski definition) is 6. The Morgan fingerprint density at radius 3 is 2.67 bits per heavy atom. The molecule has 0 unspecified atom stereocenters. The third kappa shape index (κ3) is 1.80. The number of hydrogen-bond donors (Lipinski definition) is 1. The Labute approximate surface area is 102 Å². The quantitative estimate of drug-likeness (QED) is 0.736. The van der Waals surface area contributed by atoms with Crippen molar-refractivity contribution < 1.29 is 9.63 Å². The minimum atomic E-state index is -0.00581. The van der Waals surface area contributed by atoms with E-state index in [0.717, 1.165) is 0 Å². The molecule has 18 heavy (non-hydrogen) atoms. The van der Waals surface area contributed by atoms with Gasteiger partial charge in [0.05, 0.1) is 0 Å². The van der Waals surface area contributed by atoms with Crippen LogP contribution >= 0.6 is 0 Å². The molecule has 1 N–H and O–H groups in total. The fourth-order valence-corrected chi connectivity index (χ4v) is 1.48. The summed E-state index contributed by atoms with van der Waals surface area (Å²) in [7, 11) is 0. The van der Waals surface area contributed by atoms with Gasteiger partial charge in [-0.1, -0.05) is 11.2 Å². The van der Waals surface area contributed by atoms with E-state index in [2.05, 4.69) is 20.1 Å². The standard InChI is InChI=1S/C12H8N4O2/c17-9-5-3-7-14-10(9)12-15-11(16-18-12)8-4-1-2-6-13-8/h1-7,17H. The zero-order valence-electron chi connectivity index (χ0n) is 9.19. The summed E-state index contributed by atoms with van der Waals surface area (Å²) < 4.78 is 5.06. The molecule has 0 aromatic carbocycles. The van der Waals surface area contributed by atoms with Gasteiger partial charge in [-0.2, -0.15) is 4.98 Å². The highest BCUT2D eigenvalue weighted by molar-refractivity contribution is 5.59. The first-order valence-corrected chi connectivity index (χ1v) is 5.24. The van der Waals surface area contributed by atoms with E-state index in [1.165, 1.54) is 6.07 Å². The molecule has 0 saturated heterocycles. The monoisotopic (exact) mass is 240 g/mol. The van der Waals surface area contributed by atoms with Gasteiger partial charge in [0.1, 0.15) is 11.4 Å². The van der Waals surface area contributed by atoms with Gasteiger partial charge in [0.15, 0.2) is 5.69 Å². The number of pyridine rings is 2. The lowest BCUT2D eigenvalue weighted by Crippen LogP contribution is -1.86. The van der Waals surface area contributed by atoms with Crippen LogP contribution in [0, 0.1) is 0 Å². The van der Waals surface area contributed by atoms with Crippen LogP contribution in [0.15, 0.2) is 47.2 Å². The molecule has 6 heteroatoms. The summed E-state index contributed by atoms with van der Waals surface area (Å²) in [6.07, 6.45) is 3.18. The van der Waals surface area contributed by atoms with Crippen molar-refractivity contribution in [2.45, 2.75) is 0 Å². The van der Waals surface area contributed by atoms with E-state index in [-0.39, 0.29) is 17.3 Å². The average Bonchev–Trinajstić information content (AvgIpc) is 2.90. The molecule has 3 aromatic rings. The maximum Gasteiger partial charge on any atom is 0.280 e. The third-order valence-electron chi connectivity index (χ3n) is 2.31. The van der Waals surface area contributed by atoms with E-state index in [0.29, 0.717) is 11.5 Å². The second kappa shape index (κ2) is 4.25. The molecule has 0 amide bonds. The number of aromatic hydroxyl groups is 1. The van der Waals surface area contributed by atoms with Gasteiger partial charge in [-0.25, -0.2) is 4.98 Å². The Bertz CT molecular complexity index is 667. The van der Waals surface area contributed by atoms with E-state index in [1.54, 1.807) is 30.6 Å². The molecular formula is C12H8N4O2. The van der Waals surface area contributed by atoms with Crippen LogP contribution in [0.2, 0.25) is 0 Å². The minimum Gasteiger partial charge on any atom is -0.505 e. The van der Waals surface area contributed by atoms with Crippen LogP contribution < -0.4 is 0 Å². The molecule has 88 valence electrons.